The van der Waals surface area contributed by atoms with Gasteiger partial charge in [0.05, 0.1) is 11.1 Å². The molecule has 2 aromatic rings. The highest BCUT2D eigenvalue weighted by atomic mass is 19.1. The number of rotatable bonds is 1. The number of benzene rings is 1. The second-order valence-electron chi connectivity index (χ2n) is 5.11. The maximum absolute atomic E-state index is 13.3. The van der Waals surface area contributed by atoms with Crippen LogP contribution in [0.25, 0.3) is 10.9 Å². The number of carboxylic acid groups (broad SMARTS) is 1. The third-order valence-electron chi connectivity index (χ3n) is 3.83. The molecule has 1 aromatic heterocycles. The molecule has 1 unspecified atom stereocenters. The number of aromatic carboxylic acids is 1. The van der Waals surface area contributed by atoms with Crippen molar-refractivity contribution in [2.75, 3.05) is 0 Å². The molecule has 0 bridgehead atoms. The average molecular weight is 259 g/mol. The quantitative estimate of drug-likeness (QED) is 0.852. The van der Waals surface area contributed by atoms with Gasteiger partial charge in [0.1, 0.15) is 5.82 Å². The topological polar surface area (TPSA) is 50.2 Å². The number of hydrogen-bond donors (Lipinski definition) is 1. The summed E-state index contributed by atoms with van der Waals surface area (Å²) in [4.78, 5) is 16.1. The first-order valence-electron chi connectivity index (χ1n) is 6.43. The van der Waals surface area contributed by atoms with E-state index >= 15 is 0 Å². The summed E-state index contributed by atoms with van der Waals surface area (Å²) >= 11 is 0. The van der Waals surface area contributed by atoms with Gasteiger partial charge in [-0.1, -0.05) is 6.92 Å². The van der Waals surface area contributed by atoms with Crippen LogP contribution in [-0.2, 0) is 6.42 Å². The largest absolute Gasteiger partial charge is 0.478 e. The van der Waals surface area contributed by atoms with Crippen LogP contribution in [0.3, 0.4) is 0 Å². The molecule has 1 atom stereocenters. The Hall–Kier alpha value is -1.97. The maximum Gasteiger partial charge on any atom is 0.336 e. The Bertz CT molecular complexity index is 681. The molecule has 1 N–H and O–H groups in total. The second kappa shape index (κ2) is 4.30. The van der Waals surface area contributed by atoms with E-state index in [2.05, 4.69) is 4.98 Å². The summed E-state index contributed by atoms with van der Waals surface area (Å²) in [5.41, 5.74) is 2.38. The summed E-state index contributed by atoms with van der Waals surface area (Å²) in [6.07, 6.45) is 2.71. The molecule has 1 aromatic carbocycles. The number of carboxylic acids is 1. The number of hydrogen-bond acceptors (Lipinski definition) is 2. The summed E-state index contributed by atoms with van der Waals surface area (Å²) in [6.45, 7) is 2.04. The van der Waals surface area contributed by atoms with Crippen LogP contribution in [0.2, 0.25) is 0 Å². The number of aromatic nitrogens is 1. The minimum Gasteiger partial charge on any atom is -0.478 e. The van der Waals surface area contributed by atoms with Gasteiger partial charge in [0, 0.05) is 17.1 Å². The number of carbonyl (C=O) groups is 1. The Kier molecular flexibility index (Phi) is 2.73. The molecular formula is C15H14FNO2. The monoisotopic (exact) mass is 259 g/mol. The van der Waals surface area contributed by atoms with Crippen LogP contribution < -0.4 is 0 Å². The summed E-state index contributed by atoms with van der Waals surface area (Å²) in [5.74, 6) is -1.11. The van der Waals surface area contributed by atoms with Gasteiger partial charge in [0.15, 0.2) is 0 Å². The molecule has 1 heterocycles. The fourth-order valence-corrected chi connectivity index (χ4v) is 2.92. The predicted octanol–water partition coefficient (Wildman–Crippen LogP) is 3.51. The van der Waals surface area contributed by atoms with Crippen molar-refractivity contribution in [3.05, 3.63) is 40.8 Å². The lowest BCUT2D eigenvalue weighted by molar-refractivity contribution is 0.0697. The fourth-order valence-electron chi connectivity index (χ4n) is 2.92. The van der Waals surface area contributed by atoms with E-state index in [-0.39, 0.29) is 11.7 Å². The first kappa shape index (κ1) is 12.1. The highest BCUT2D eigenvalue weighted by molar-refractivity contribution is 6.04. The first-order chi connectivity index (χ1) is 9.08. The summed E-state index contributed by atoms with van der Waals surface area (Å²) in [7, 11) is 0. The van der Waals surface area contributed by atoms with Gasteiger partial charge in [-0.15, -0.1) is 0 Å². The van der Waals surface area contributed by atoms with E-state index in [0.717, 1.165) is 30.5 Å². The van der Waals surface area contributed by atoms with E-state index in [4.69, 9.17) is 0 Å². The van der Waals surface area contributed by atoms with Gasteiger partial charge in [-0.05, 0) is 42.9 Å². The number of pyridine rings is 1. The minimum absolute atomic E-state index is 0.231. The molecule has 1 aliphatic rings. The summed E-state index contributed by atoms with van der Waals surface area (Å²) in [5, 5.41) is 10.0. The zero-order valence-corrected chi connectivity index (χ0v) is 10.6. The van der Waals surface area contributed by atoms with Gasteiger partial charge in [-0.3, -0.25) is 4.98 Å². The number of fused-ring (bicyclic) bond motifs is 2. The molecule has 0 spiro atoms. The highest BCUT2D eigenvalue weighted by Crippen LogP contribution is 2.35. The van der Waals surface area contributed by atoms with E-state index in [9.17, 15) is 14.3 Å². The lowest BCUT2D eigenvalue weighted by Crippen LogP contribution is -2.15. The Balaban J connectivity index is 2.41. The Morgan fingerprint density at radius 3 is 3.00 bits per heavy atom. The third-order valence-corrected chi connectivity index (χ3v) is 3.83. The Morgan fingerprint density at radius 2 is 2.26 bits per heavy atom. The highest BCUT2D eigenvalue weighted by Gasteiger charge is 2.25. The van der Waals surface area contributed by atoms with Crippen molar-refractivity contribution >= 4 is 16.9 Å². The van der Waals surface area contributed by atoms with E-state index in [1.165, 1.54) is 18.2 Å². The number of nitrogens with zero attached hydrogens (tertiary/aromatic N) is 1. The zero-order chi connectivity index (χ0) is 13.6. The van der Waals surface area contributed by atoms with Gasteiger partial charge in [-0.2, -0.15) is 0 Å². The molecule has 0 fully saturated rings. The molecule has 0 amide bonds. The van der Waals surface area contributed by atoms with Crippen molar-refractivity contribution < 1.29 is 14.3 Å². The van der Waals surface area contributed by atoms with Crippen LogP contribution in [0.15, 0.2) is 18.2 Å². The Labute approximate surface area is 110 Å². The van der Waals surface area contributed by atoms with E-state index in [1.807, 2.05) is 6.92 Å². The number of halogens is 1. The second-order valence-corrected chi connectivity index (χ2v) is 5.11. The molecule has 0 aliphatic heterocycles. The normalized spacial score (nSPS) is 18.3. The van der Waals surface area contributed by atoms with Crippen molar-refractivity contribution in [2.24, 2.45) is 0 Å². The average Bonchev–Trinajstić information content (AvgIpc) is 2.36. The lowest BCUT2D eigenvalue weighted by atomic mass is 9.84. The van der Waals surface area contributed by atoms with Crippen molar-refractivity contribution in [3.8, 4) is 0 Å². The van der Waals surface area contributed by atoms with Crippen LogP contribution in [0.4, 0.5) is 4.39 Å². The minimum atomic E-state index is -0.954. The Morgan fingerprint density at radius 1 is 1.47 bits per heavy atom. The SMILES string of the molecule is CC1CCCc2c1nc1cc(F)ccc1c2C(=O)O. The lowest BCUT2D eigenvalue weighted by Gasteiger charge is -2.23. The van der Waals surface area contributed by atoms with Crippen LogP contribution in [0, 0.1) is 5.82 Å². The van der Waals surface area contributed by atoms with Gasteiger partial charge < -0.3 is 5.11 Å². The molecule has 0 radical (unpaired) electrons. The molecule has 0 saturated carbocycles. The van der Waals surface area contributed by atoms with Gasteiger partial charge in [0.2, 0.25) is 0 Å². The summed E-state index contributed by atoms with van der Waals surface area (Å²) < 4.78 is 13.3. The van der Waals surface area contributed by atoms with E-state index in [1.54, 1.807) is 0 Å². The molecule has 3 rings (SSSR count). The molecular weight excluding hydrogens is 245 g/mol. The van der Waals surface area contributed by atoms with E-state index < -0.39 is 5.97 Å². The molecule has 98 valence electrons. The predicted molar refractivity (Wildman–Crippen MR) is 70.0 cm³/mol. The molecule has 0 saturated heterocycles. The van der Waals surface area contributed by atoms with Crippen molar-refractivity contribution in [1.29, 1.82) is 0 Å². The molecule has 19 heavy (non-hydrogen) atoms. The molecule has 1 aliphatic carbocycles. The standard InChI is InChI=1S/C15H14FNO2/c1-8-3-2-4-11-13(15(18)19)10-6-5-9(16)7-12(10)17-14(8)11/h5-8H,2-4H2,1H3,(H,18,19). The van der Waals surface area contributed by atoms with Crippen LogP contribution in [0.1, 0.15) is 47.3 Å². The van der Waals surface area contributed by atoms with Gasteiger partial charge in [0.25, 0.3) is 0 Å². The smallest absolute Gasteiger partial charge is 0.336 e. The van der Waals surface area contributed by atoms with Crippen LogP contribution >= 0.6 is 0 Å². The van der Waals surface area contributed by atoms with Crippen molar-refractivity contribution in [1.82, 2.24) is 4.98 Å². The summed E-state index contributed by atoms with van der Waals surface area (Å²) in [6, 6.07) is 4.11. The van der Waals surface area contributed by atoms with Crippen molar-refractivity contribution in [3.63, 3.8) is 0 Å². The van der Waals surface area contributed by atoms with Gasteiger partial charge in [-0.25, -0.2) is 9.18 Å². The van der Waals surface area contributed by atoms with Crippen molar-refractivity contribution in [2.45, 2.75) is 32.1 Å². The van der Waals surface area contributed by atoms with Crippen LogP contribution in [0.5, 0.6) is 0 Å². The fraction of sp³-hybridized carbons (Fsp3) is 0.333. The zero-order valence-electron chi connectivity index (χ0n) is 10.6. The molecule has 3 nitrogen and oxygen atoms in total. The van der Waals surface area contributed by atoms with E-state index in [0.29, 0.717) is 16.5 Å². The van der Waals surface area contributed by atoms with Crippen LogP contribution in [-0.4, -0.2) is 16.1 Å². The van der Waals surface area contributed by atoms with Gasteiger partial charge >= 0.3 is 5.97 Å². The first-order valence-corrected chi connectivity index (χ1v) is 6.43. The maximum atomic E-state index is 13.3. The third kappa shape index (κ3) is 1.87. The molecule has 4 heteroatoms.